The molecule has 0 unspecified atom stereocenters. The third kappa shape index (κ3) is 3.65. The predicted octanol–water partition coefficient (Wildman–Crippen LogP) is 5.11. The summed E-state index contributed by atoms with van der Waals surface area (Å²) in [5, 5.41) is 0. The molecule has 0 heterocycles. The van der Waals surface area contributed by atoms with Crippen LogP contribution in [-0.2, 0) is 14.3 Å². The molecule has 24 heavy (non-hydrogen) atoms. The van der Waals surface area contributed by atoms with Crippen LogP contribution in [0.3, 0.4) is 0 Å². The van der Waals surface area contributed by atoms with E-state index in [0.717, 1.165) is 11.1 Å². The van der Waals surface area contributed by atoms with Crippen LogP contribution in [0.1, 0.15) is 69.2 Å². The normalized spacial score (nSPS) is 18.8. The second kappa shape index (κ2) is 6.16. The molecule has 1 aliphatic rings. The van der Waals surface area contributed by atoms with E-state index in [2.05, 4.69) is 0 Å². The lowest BCUT2D eigenvalue weighted by molar-refractivity contribution is -0.157. The first-order chi connectivity index (χ1) is 10.6. The van der Waals surface area contributed by atoms with Crippen LogP contribution in [0.2, 0.25) is 0 Å². The van der Waals surface area contributed by atoms with Crippen LogP contribution >= 0.6 is 0 Å². The molecule has 0 spiro atoms. The number of carbonyl (C=O) groups is 2. The van der Waals surface area contributed by atoms with Crippen molar-refractivity contribution in [2.24, 2.45) is 21.7 Å². The maximum Gasteiger partial charge on any atom is 0.312 e. The van der Waals surface area contributed by atoms with Crippen molar-refractivity contribution in [2.45, 2.75) is 69.2 Å². The van der Waals surface area contributed by atoms with Gasteiger partial charge in [0.25, 0.3) is 0 Å². The molecular formula is C21H34O3. The van der Waals surface area contributed by atoms with E-state index in [-0.39, 0.29) is 22.6 Å². The van der Waals surface area contributed by atoms with Gasteiger partial charge in [-0.2, -0.15) is 0 Å². The molecule has 136 valence electrons. The number of Topliss-reactive ketones (excluding diaryl/α,β-unsaturated/α-hetero) is 1. The highest BCUT2D eigenvalue weighted by atomic mass is 16.5. The van der Waals surface area contributed by atoms with Crippen molar-refractivity contribution >= 4 is 11.8 Å². The van der Waals surface area contributed by atoms with Crippen LogP contribution in [0.15, 0.2) is 23.3 Å². The van der Waals surface area contributed by atoms with E-state index in [9.17, 15) is 9.59 Å². The van der Waals surface area contributed by atoms with E-state index in [0.29, 0.717) is 6.61 Å². The van der Waals surface area contributed by atoms with Crippen molar-refractivity contribution in [1.29, 1.82) is 0 Å². The molecule has 0 aromatic heterocycles. The number of ketones is 1. The summed E-state index contributed by atoms with van der Waals surface area (Å²) in [6.07, 6.45) is 3.98. The molecule has 0 radical (unpaired) electrons. The highest BCUT2D eigenvalue weighted by Crippen LogP contribution is 2.50. The molecule has 0 aromatic rings. The van der Waals surface area contributed by atoms with Crippen molar-refractivity contribution in [2.75, 3.05) is 6.61 Å². The third-order valence-electron chi connectivity index (χ3n) is 5.13. The standard InChI is InChI=1S/C21H34O3/c1-11-24-17(23)20(8,9)21(10)12-14(18(2,3)4)16(22)15(13-21)19(5,6)7/h12-13H,11H2,1-10H3. The Balaban J connectivity index is 3.64. The minimum Gasteiger partial charge on any atom is -0.466 e. The third-order valence-corrected chi connectivity index (χ3v) is 5.13. The Morgan fingerprint density at radius 3 is 1.62 bits per heavy atom. The summed E-state index contributed by atoms with van der Waals surface area (Å²) in [4.78, 5) is 25.7. The molecule has 3 heteroatoms. The lowest BCUT2D eigenvalue weighted by atomic mass is 9.58. The van der Waals surface area contributed by atoms with Gasteiger partial charge in [-0.3, -0.25) is 9.59 Å². The molecule has 0 amide bonds. The van der Waals surface area contributed by atoms with Gasteiger partial charge in [0.05, 0.1) is 12.0 Å². The van der Waals surface area contributed by atoms with Gasteiger partial charge in [-0.25, -0.2) is 0 Å². The second-order valence-electron chi connectivity index (χ2n) is 9.57. The molecule has 0 saturated heterocycles. The van der Waals surface area contributed by atoms with E-state index in [4.69, 9.17) is 4.74 Å². The first-order valence-corrected chi connectivity index (χ1v) is 8.76. The number of hydrogen-bond donors (Lipinski definition) is 0. The Hall–Kier alpha value is -1.38. The van der Waals surface area contributed by atoms with Crippen molar-refractivity contribution in [1.82, 2.24) is 0 Å². The lowest BCUT2D eigenvalue weighted by Crippen LogP contribution is -2.44. The fraction of sp³-hybridized carbons (Fsp3) is 0.714. The van der Waals surface area contributed by atoms with Gasteiger partial charge in [-0.1, -0.05) is 60.6 Å². The Kier molecular flexibility index (Phi) is 5.31. The number of allylic oxidation sites excluding steroid dienone is 4. The van der Waals surface area contributed by atoms with Gasteiger partial charge in [0.2, 0.25) is 0 Å². The van der Waals surface area contributed by atoms with Crippen LogP contribution in [0.25, 0.3) is 0 Å². The number of esters is 1. The zero-order valence-corrected chi connectivity index (χ0v) is 17.1. The van der Waals surface area contributed by atoms with Gasteiger partial charge in [-0.15, -0.1) is 0 Å². The lowest BCUT2D eigenvalue weighted by Gasteiger charge is -2.44. The Bertz CT molecular complexity index is 556. The summed E-state index contributed by atoms with van der Waals surface area (Å²) in [5.41, 5.74) is -0.374. The molecule has 3 nitrogen and oxygen atoms in total. The highest BCUT2D eigenvalue weighted by molar-refractivity contribution is 6.11. The molecule has 0 aromatic carbocycles. The van der Waals surface area contributed by atoms with Gasteiger partial charge in [0, 0.05) is 16.6 Å². The first kappa shape index (κ1) is 20.7. The summed E-state index contributed by atoms with van der Waals surface area (Å²) in [6.45, 7) is 20.2. The fourth-order valence-electron chi connectivity index (χ4n) is 2.92. The Labute approximate surface area is 147 Å². The van der Waals surface area contributed by atoms with Crippen LogP contribution < -0.4 is 0 Å². The molecule has 0 N–H and O–H groups in total. The maximum absolute atomic E-state index is 13.1. The molecule has 0 saturated carbocycles. The summed E-state index contributed by atoms with van der Waals surface area (Å²) >= 11 is 0. The van der Waals surface area contributed by atoms with Gasteiger partial charge >= 0.3 is 5.97 Å². The van der Waals surface area contributed by atoms with Gasteiger partial charge in [0.15, 0.2) is 5.78 Å². The molecule has 0 aliphatic heterocycles. The van der Waals surface area contributed by atoms with Crippen molar-refractivity contribution < 1.29 is 14.3 Å². The SMILES string of the molecule is CCOC(=O)C(C)(C)C1(C)C=C(C(C)(C)C)C(=O)C(C(C)(C)C)=C1. The maximum atomic E-state index is 13.1. The summed E-state index contributed by atoms with van der Waals surface area (Å²) < 4.78 is 5.31. The monoisotopic (exact) mass is 334 g/mol. The van der Waals surface area contributed by atoms with E-state index in [1.165, 1.54) is 0 Å². The van der Waals surface area contributed by atoms with Gasteiger partial charge in [0.1, 0.15) is 0 Å². The molecule has 1 aliphatic carbocycles. The van der Waals surface area contributed by atoms with Crippen LogP contribution in [0.5, 0.6) is 0 Å². The number of rotatable bonds is 3. The summed E-state index contributed by atoms with van der Waals surface area (Å²) in [7, 11) is 0. The average molecular weight is 335 g/mol. The number of hydrogen-bond acceptors (Lipinski definition) is 3. The molecular weight excluding hydrogens is 300 g/mol. The average Bonchev–Trinajstić information content (AvgIpc) is 2.38. The predicted molar refractivity (Wildman–Crippen MR) is 98.6 cm³/mol. The zero-order chi connectivity index (χ0) is 19.1. The Morgan fingerprint density at radius 1 is 0.958 bits per heavy atom. The molecule has 0 fully saturated rings. The van der Waals surface area contributed by atoms with E-state index in [1.807, 2.05) is 81.4 Å². The number of carbonyl (C=O) groups excluding carboxylic acids is 2. The van der Waals surface area contributed by atoms with E-state index in [1.54, 1.807) is 0 Å². The number of ether oxygens (including phenoxy) is 1. The topological polar surface area (TPSA) is 43.4 Å². The highest BCUT2D eigenvalue weighted by Gasteiger charge is 2.50. The van der Waals surface area contributed by atoms with Crippen LogP contribution in [-0.4, -0.2) is 18.4 Å². The van der Waals surface area contributed by atoms with Crippen LogP contribution in [0.4, 0.5) is 0 Å². The fourth-order valence-corrected chi connectivity index (χ4v) is 2.92. The first-order valence-electron chi connectivity index (χ1n) is 8.76. The van der Waals surface area contributed by atoms with Crippen LogP contribution in [0, 0.1) is 21.7 Å². The zero-order valence-electron chi connectivity index (χ0n) is 17.1. The van der Waals surface area contributed by atoms with Crippen molar-refractivity contribution in [3.8, 4) is 0 Å². The molecule has 1 rings (SSSR count). The Morgan fingerprint density at radius 2 is 1.33 bits per heavy atom. The minimum atomic E-state index is -0.767. The van der Waals surface area contributed by atoms with E-state index >= 15 is 0 Å². The largest absolute Gasteiger partial charge is 0.466 e. The van der Waals surface area contributed by atoms with Gasteiger partial charge in [-0.05, 0) is 31.6 Å². The summed E-state index contributed by atoms with van der Waals surface area (Å²) in [5.74, 6) is -0.150. The van der Waals surface area contributed by atoms with Crippen molar-refractivity contribution in [3.05, 3.63) is 23.3 Å². The second-order valence-corrected chi connectivity index (χ2v) is 9.57. The quantitative estimate of drug-likeness (QED) is 0.674. The molecule has 0 bridgehead atoms. The van der Waals surface area contributed by atoms with E-state index < -0.39 is 10.8 Å². The van der Waals surface area contributed by atoms with Gasteiger partial charge < -0.3 is 4.74 Å². The summed E-state index contributed by atoms with van der Waals surface area (Å²) in [6, 6.07) is 0. The smallest absolute Gasteiger partial charge is 0.312 e. The molecule has 0 atom stereocenters. The van der Waals surface area contributed by atoms with Crippen molar-refractivity contribution in [3.63, 3.8) is 0 Å². The minimum absolute atomic E-state index is 0.0899.